The van der Waals surface area contributed by atoms with Gasteiger partial charge < -0.3 is 0 Å². The average Bonchev–Trinajstić information content (AvgIpc) is 2.90. The van der Waals surface area contributed by atoms with E-state index >= 15 is 0 Å². The molecule has 4 heteroatoms. The zero-order chi connectivity index (χ0) is 17.2. The third kappa shape index (κ3) is 2.35. The van der Waals surface area contributed by atoms with E-state index in [-0.39, 0.29) is 5.41 Å². The van der Waals surface area contributed by atoms with Crippen molar-refractivity contribution in [2.75, 3.05) is 0 Å². The number of aromatic nitrogens is 3. The first kappa shape index (κ1) is 15.0. The van der Waals surface area contributed by atoms with Crippen molar-refractivity contribution in [3.8, 4) is 11.4 Å². The van der Waals surface area contributed by atoms with Crippen LogP contribution in [-0.4, -0.2) is 14.4 Å². The Bertz CT molecular complexity index is 1140. The van der Waals surface area contributed by atoms with Gasteiger partial charge in [0.2, 0.25) is 0 Å². The maximum Gasteiger partial charge on any atom is 0.147 e. The molecule has 0 atom stereocenters. The van der Waals surface area contributed by atoms with Crippen LogP contribution in [-0.2, 0) is 6.42 Å². The van der Waals surface area contributed by atoms with E-state index in [0.717, 1.165) is 17.9 Å². The summed E-state index contributed by atoms with van der Waals surface area (Å²) >= 11 is 1.82. The Morgan fingerprint density at radius 3 is 2.56 bits per heavy atom. The van der Waals surface area contributed by atoms with Gasteiger partial charge in [-0.25, -0.2) is 9.97 Å². The van der Waals surface area contributed by atoms with Crippen LogP contribution in [0.1, 0.15) is 26.5 Å². The van der Waals surface area contributed by atoms with Crippen molar-refractivity contribution in [3.05, 3.63) is 54.4 Å². The Morgan fingerprint density at radius 2 is 1.80 bits per heavy atom. The van der Waals surface area contributed by atoms with E-state index < -0.39 is 0 Å². The quantitative estimate of drug-likeness (QED) is 0.396. The Balaban J connectivity index is 1.80. The molecule has 0 aliphatic carbocycles. The third-order valence-corrected chi connectivity index (χ3v) is 5.72. The number of fused-ring (bicyclic) bond motifs is 3. The molecule has 2 aromatic heterocycles. The lowest BCUT2D eigenvalue weighted by Gasteiger charge is -2.21. The van der Waals surface area contributed by atoms with Gasteiger partial charge in [0.15, 0.2) is 0 Å². The zero-order valence-corrected chi connectivity index (χ0v) is 15.4. The normalized spacial score (nSPS) is 13.4. The molecule has 1 aliphatic heterocycles. The van der Waals surface area contributed by atoms with Gasteiger partial charge in [-0.15, -0.1) is 0 Å². The minimum absolute atomic E-state index is 0.201. The van der Waals surface area contributed by atoms with Crippen LogP contribution in [0, 0.1) is 5.41 Å². The number of hydrogen-bond acceptors (Lipinski definition) is 3. The molecule has 0 saturated heterocycles. The second-order valence-electron chi connectivity index (χ2n) is 7.86. The summed E-state index contributed by atoms with van der Waals surface area (Å²) < 4.78 is 2.23. The highest BCUT2D eigenvalue weighted by Gasteiger charge is 2.27. The summed E-state index contributed by atoms with van der Waals surface area (Å²) in [5.74, 6) is 1.000. The number of rotatable bonds is 1. The molecular formula is C21H19N3S. The smallest absolute Gasteiger partial charge is 0.147 e. The summed E-state index contributed by atoms with van der Waals surface area (Å²) in [5, 5.41) is 3.74. The molecule has 25 heavy (non-hydrogen) atoms. The number of nitrogens with zero attached hydrogens (tertiary/aromatic N) is 3. The summed E-state index contributed by atoms with van der Waals surface area (Å²) in [6, 6.07) is 15.1. The first-order chi connectivity index (χ1) is 12.0. The Labute approximate surface area is 151 Å². The number of hydrogen-bond donors (Lipinski definition) is 0. The Kier molecular flexibility index (Phi) is 3.04. The number of benzene rings is 2. The first-order valence-electron chi connectivity index (χ1n) is 8.57. The van der Waals surface area contributed by atoms with Crippen LogP contribution in [0.5, 0.6) is 0 Å². The van der Waals surface area contributed by atoms with Crippen LogP contribution in [0.4, 0.5) is 0 Å². The molecule has 0 amide bonds. The lowest BCUT2D eigenvalue weighted by Crippen LogP contribution is -2.11. The largest absolute Gasteiger partial charge is 0.270 e. The van der Waals surface area contributed by atoms with Crippen molar-refractivity contribution in [2.24, 2.45) is 5.41 Å². The first-order valence-corrected chi connectivity index (χ1v) is 9.39. The van der Waals surface area contributed by atoms with E-state index in [2.05, 4.69) is 61.6 Å². The van der Waals surface area contributed by atoms with Crippen molar-refractivity contribution >= 4 is 28.2 Å². The molecule has 5 rings (SSSR count). The molecule has 0 saturated carbocycles. The van der Waals surface area contributed by atoms with E-state index in [4.69, 9.17) is 9.97 Å². The molecule has 0 bridgehead atoms. The maximum atomic E-state index is 4.92. The van der Waals surface area contributed by atoms with Crippen LogP contribution in [0.3, 0.4) is 0 Å². The van der Waals surface area contributed by atoms with E-state index in [1.165, 1.54) is 32.0 Å². The molecule has 0 spiro atoms. The summed E-state index contributed by atoms with van der Waals surface area (Å²) in [4.78, 5) is 10.9. The van der Waals surface area contributed by atoms with Gasteiger partial charge in [0.05, 0.1) is 5.69 Å². The molecule has 2 aromatic carbocycles. The molecule has 4 aromatic rings. The molecule has 0 N–H and O–H groups in total. The van der Waals surface area contributed by atoms with E-state index in [9.17, 15) is 0 Å². The van der Waals surface area contributed by atoms with Gasteiger partial charge in [-0.3, -0.25) is 4.40 Å². The van der Waals surface area contributed by atoms with Gasteiger partial charge in [0.25, 0.3) is 0 Å². The highest BCUT2D eigenvalue weighted by Crippen LogP contribution is 2.45. The Morgan fingerprint density at radius 1 is 1.04 bits per heavy atom. The van der Waals surface area contributed by atoms with E-state index in [0.29, 0.717) is 0 Å². The fourth-order valence-corrected chi connectivity index (χ4v) is 4.67. The standard InChI is InChI=1S/C21H19N3S/c1-21(2,3)12-16-20-24-18(23-16)8-9-22-19(24)15-10-13-6-4-5-7-14(13)11-17(15)25-20/h4-11H,12H2,1-3H3. The van der Waals surface area contributed by atoms with E-state index in [1.54, 1.807) is 0 Å². The summed E-state index contributed by atoms with van der Waals surface area (Å²) in [5.41, 5.74) is 3.56. The van der Waals surface area contributed by atoms with Crippen molar-refractivity contribution in [1.29, 1.82) is 0 Å². The SMILES string of the molecule is CC(C)(C)Cc1nc2ccnc3n2c1Sc1cc2ccccc2cc1-3. The van der Waals surface area contributed by atoms with Gasteiger partial charge in [-0.2, -0.15) is 0 Å². The lowest BCUT2D eigenvalue weighted by molar-refractivity contribution is 0.403. The fourth-order valence-electron chi connectivity index (χ4n) is 3.51. The molecular weight excluding hydrogens is 326 g/mol. The molecule has 124 valence electrons. The minimum Gasteiger partial charge on any atom is -0.270 e. The molecule has 1 aliphatic rings. The van der Waals surface area contributed by atoms with E-state index in [1.807, 2.05) is 24.0 Å². The maximum absolute atomic E-state index is 4.92. The van der Waals surface area contributed by atoms with Crippen LogP contribution in [0.25, 0.3) is 27.8 Å². The van der Waals surface area contributed by atoms with Crippen molar-refractivity contribution in [3.63, 3.8) is 0 Å². The predicted molar refractivity (Wildman–Crippen MR) is 103 cm³/mol. The van der Waals surface area contributed by atoms with Gasteiger partial charge >= 0.3 is 0 Å². The summed E-state index contributed by atoms with van der Waals surface area (Å²) in [7, 11) is 0. The Hall–Kier alpha value is -2.33. The third-order valence-electron chi connectivity index (χ3n) is 4.55. The van der Waals surface area contributed by atoms with Crippen molar-refractivity contribution < 1.29 is 0 Å². The monoisotopic (exact) mass is 345 g/mol. The molecule has 3 nitrogen and oxygen atoms in total. The number of imidazole rings is 1. The topological polar surface area (TPSA) is 30.2 Å². The fraction of sp³-hybridized carbons (Fsp3) is 0.238. The molecule has 3 heterocycles. The van der Waals surface area contributed by atoms with Crippen LogP contribution >= 0.6 is 11.8 Å². The highest BCUT2D eigenvalue weighted by atomic mass is 32.2. The lowest BCUT2D eigenvalue weighted by atomic mass is 9.91. The van der Waals surface area contributed by atoms with Gasteiger partial charge in [-0.05, 0) is 40.8 Å². The summed E-state index contributed by atoms with van der Waals surface area (Å²) in [6.07, 6.45) is 2.83. The van der Waals surface area contributed by atoms with Gasteiger partial charge in [0, 0.05) is 16.7 Å². The van der Waals surface area contributed by atoms with Crippen LogP contribution in [0.15, 0.2) is 58.6 Å². The minimum atomic E-state index is 0.201. The molecule has 0 radical (unpaired) electrons. The highest BCUT2D eigenvalue weighted by molar-refractivity contribution is 7.99. The zero-order valence-electron chi connectivity index (χ0n) is 14.6. The average molecular weight is 345 g/mol. The van der Waals surface area contributed by atoms with Gasteiger partial charge in [0.1, 0.15) is 16.5 Å². The van der Waals surface area contributed by atoms with Crippen LogP contribution < -0.4 is 0 Å². The molecule has 0 fully saturated rings. The van der Waals surface area contributed by atoms with Gasteiger partial charge in [-0.1, -0.05) is 56.8 Å². The van der Waals surface area contributed by atoms with Crippen molar-refractivity contribution in [1.82, 2.24) is 14.4 Å². The predicted octanol–water partition coefficient (Wildman–Crippen LogP) is 5.60. The molecule has 0 unspecified atom stereocenters. The second-order valence-corrected chi connectivity index (χ2v) is 8.89. The summed E-state index contributed by atoms with van der Waals surface area (Å²) in [6.45, 7) is 6.79. The van der Waals surface area contributed by atoms with Crippen molar-refractivity contribution in [2.45, 2.75) is 37.1 Å². The second kappa shape index (κ2) is 5.09. The van der Waals surface area contributed by atoms with Crippen LogP contribution in [0.2, 0.25) is 0 Å².